The van der Waals surface area contributed by atoms with Gasteiger partial charge in [-0.3, -0.25) is 29.5 Å². The van der Waals surface area contributed by atoms with Crippen LogP contribution in [-0.2, 0) is 43.3 Å². The van der Waals surface area contributed by atoms with Crippen molar-refractivity contribution in [3.05, 3.63) is 75.8 Å². The van der Waals surface area contributed by atoms with E-state index in [0.717, 1.165) is 4.90 Å². The fourth-order valence-corrected chi connectivity index (χ4v) is 10.4. The molecule has 264 valence electrons. The van der Waals surface area contributed by atoms with Crippen molar-refractivity contribution in [2.24, 2.45) is 4.99 Å². The maximum atomic E-state index is 13.6. The van der Waals surface area contributed by atoms with Crippen LogP contribution in [0.5, 0.6) is 0 Å². The first-order chi connectivity index (χ1) is 23.5. The van der Waals surface area contributed by atoms with E-state index in [1.165, 1.54) is 54.9 Å². The number of nitro benzene ring substituents is 1. The molecule has 4 aliphatic heterocycles. The molecule has 0 spiro atoms. The number of amides is 3. The summed E-state index contributed by atoms with van der Waals surface area (Å²) >= 11 is 1.27. The van der Waals surface area contributed by atoms with Gasteiger partial charge in [0.05, 0.1) is 16.1 Å². The average Bonchev–Trinajstić information content (AvgIpc) is 3.39. The van der Waals surface area contributed by atoms with Gasteiger partial charge in [0.1, 0.15) is 28.9 Å². The van der Waals surface area contributed by atoms with Gasteiger partial charge in [-0.05, 0) is 38.8 Å². The summed E-state index contributed by atoms with van der Waals surface area (Å²) < 4.78 is 33.5. The number of nitrogens with one attached hydrogen (secondary N) is 1. The predicted octanol–water partition coefficient (Wildman–Crippen LogP) is 1.48. The smallest absolute Gasteiger partial charge is 0.333 e. The van der Waals surface area contributed by atoms with E-state index >= 15 is 0 Å². The Bertz CT molecular complexity index is 1930. The summed E-state index contributed by atoms with van der Waals surface area (Å²) in [4.78, 5) is 82.7. The van der Waals surface area contributed by atoms with Crippen molar-refractivity contribution >= 4 is 63.2 Å². The molecule has 18 heteroatoms. The van der Waals surface area contributed by atoms with Crippen molar-refractivity contribution < 1.29 is 46.8 Å². The first-order valence-corrected chi connectivity index (χ1v) is 17.9. The molecule has 4 heterocycles. The number of non-ortho nitro benzene ring substituents is 1. The van der Waals surface area contributed by atoms with Crippen molar-refractivity contribution in [1.29, 1.82) is 0 Å². The number of nitro groups is 1. The van der Waals surface area contributed by atoms with Crippen molar-refractivity contribution in [2.75, 3.05) is 6.79 Å². The summed E-state index contributed by atoms with van der Waals surface area (Å²) in [6, 6.07) is 9.68. The van der Waals surface area contributed by atoms with Crippen LogP contribution in [0, 0.1) is 10.1 Å². The fourth-order valence-electron chi connectivity index (χ4n) is 6.69. The number of rotatable bonds is 10. The van der Waals surface area contributed by atoms with Gasteiger partial charge in [-0.1, -0.05) is 42.5 Å². The Morgan fingerprint density at radius 3 is 2.34 bits per heavy atom. The fraction of sp³-hybridized carbons (Fsp3) is 0.438. The normalized spacial score (nSPS) is 27.4. The number of carbonyl (C=O) groups excluding carboxylic acids is 5. The number of benzene rings is 2. The Labute approximate surface area is 290 Å². The average molecular weight is 728 g/mol. The maximum Gasteiger partial charge on any atom is 0.333 e. The number of β-lactam (4-membered cyclic amide) rings is 2. The standard InChI is InChI=1S/C32H33N5O11S2/c1-31(2)24(29(41)47-16-48-30(42)25-32(3,4)50(45,46)21-14-20(38)35(21)25)36-27(40)23(28(36)49-31)34-26(39)22(18-10-6-5-7-11-18)33-15-17-9-8-12-19(13-17)37(43)44/h5-13,15,21-25,28H,14,16H2,1-4H3,(H,34,39)/t21-,22+,23-,24+,25+,28-/m0/s1. The molecule has 0 saturated carbocycles. The van der Waals surface area contributed by atoms with Crippen molar-refractivity contribution in [2.45, 2.75) is 78.5 Å². The van der Waals surface area contributed by atoms with Crippen molar-refractivity contribution in [3.8, 4) is 0 Å². The Morgan fingerprint density at radius 1 is 1.04 bits per heavy atom. The van der Waals surface area contributed by atoms with Crippen LogP contribution in [0.25, 0.3) is 0 Å². The van der Waals surface area contributed by atoms with Gasteiger partial charge in [-0.2, -0.15) is 0 Å². The topological polar surface area (TPSA) is 212 Å². The third kappa shape index (κ3) is 5.69. The first-order valence-electron chi connectivity index (χ1n) is 15.5. The quantitative estimate of drug-likeness (QED) is 0.0921. The second kappa shape index (κ2) is 12.5. The zero-order chi connectivity index (χ0) is 36.3. The van der Waals surface area contributed by atoms with Gasteiger partial charge in [-0.25, -0.2) is 18.0 Å². The number of hydrogen-bond acceptors (Lipinski definition) is 13. The number of fused-ring (bicyclic) bond motifs is 2. The van der Waals surface area contributed by atoms with E-state index in [9.17, 15) is 42.5 Å². The van der Waals surface area contributed by atoms with E-state index in [1.807, 2.05) is 0 Å². The predicted molar refractivity (Wildman–Crippen MR) is 177 cm³/mol. The van der Waals surface area contributed by atoms with E-state index in [4.69, 9.17) is 9.47 Å². The van der Waals surface area contributed by atoms with Gasteiger partial charge in [0.15, 0.2) is 15.9 Å². The van der Waals surface area contributed by atoms with Gasteiger partial charge in [0.2, 0.25) is 24.5 Å². The minimum atomic E-state index is -3.84. The lowest BCUT2D eigenvalue weighted by Gasteiger charge is -2.44. The SMILES string of the molecule is CC1(C)S[C@H]2[C@@H](NC(=O)[C@H](N=Cc3cccc([N+](=O)[O-])c3)c3ccccc3)C(=O)N2[C@@H]1C(=O)OCOC(=O)[C@H]1N2C(=O)C[C@@H]2S(=O)(=O)C1(C)C. The Morgan fingerprint density at radius 2 is 1.70 bits per heavy atom. The van der Waals surface area contributed by atoms with Crippen LogP contribution < -0.4 is 5.32 Å². The molecule has 4 saturated heterocycles. The van der Waals surface area contributed by atoms with Gasteiger partial charge in [0.25, 0.3) is 5.69 Å². The summed E-state index contributed by atoms with van der Waals surface area (Å²) in [7, 11) is -3.84. The highest BCUT2D eigenvalue weighted by Crippen LogP contribution is 2.51. The number of hydrogen-bond donors (Lipinski definition) is 1. The van der Waals surface area contributed by atoms with Gasteiger partial charge in [0, 0.05) is 23.1 Å². The number of ether oxygens (including phenoxy) is 2. The molecule has 3 amide bonds. The molecule has 0 bridgehead atoms. The number of sulfone groups is 1. The van der Waals surface area contributed by atoms with Crippen molar-refractivity contribution in [3.63, 3.8) is 0 Å². The van der Waals surface area contributed by atoms with Gasteiger partial charge in [-0.15, -0.1) is 11.8 Å². The molecule has 2 aromatic carbocycles. The molecule has 1 N–H and O–H groups in total. The first kappa shape index (κ1) is 35.0. The largest absolute Gasteiger partial charge is 0.426 e. The molecule has 16 nitrogen and oxygen atoms in total. The van der Waals surface area contributed by atoms with Crippen LogP contribution in [0.3, 0.4) is 0 Å². The summed E-state index contributed by atoms with van der Waals surface area (Å²) in [5, 5.41) is 12.2. The molecule has 0 aromatic heterocycles. The summed E-state index contributed by atoms with van der Waals surface area (Å²) in [6.07, 6.45) is 1.13. The van der Waals surface area contributed by atoms with Crippen LogP contribution in [0.15, 0.2) is 59.6 Å². The molecule has 6 rings (SSSR count). The molecule has 2 aromatic rings. The number of esters is 2. The van der Waals surface area contributed by atoms with E-state index in [0.29, 0.717) is 11.1 Å². The Balaban J connectivity index is 1.10. The van der Waals surface area contributed by atoms with Gasteiger partial charge >= 0.3 is 11.9 Å². The van der Waals surface area contributed by atoms with E-state index in [-0.39, 0.29) is 12.1 Å². The lowest BCUT2D eigenvalue weighted by atomic mass is 9.95. The molecule has 0 radical (unpaired) electrons. The monoisotopic (exact) mass is 727 g/mol. The molecule has 4 aliphatic rings. The number of carbonyl (C=O) groups is 5. The molecule has 4 fully saturated rings. The van der Waals surface area contributed by atoms with Crippen LogP contribution in [0.4, 0.5) is 5.69 Å². The van der Waals surface area contributed by atoms with Crippen LogP contribution in [0.2, 0.25) is 0 Å². The second-order valence-corrected chi connectivity index (χ2v) is 17.7. The zero-order valence-corrected chi connectivity index (χ0v) is 28.9. The van der Waals surface area contributed by atoms with Gasteiger partial charge < -0.3 is 24.6 Å². The minimum absolute atomic E-state index is 0.142. The number of aliphatic imine (C=N–C) groups is 1. The molecular formula is C32H33N5O11S2. The van der Waals surface area contributed by atoms with Crippen LogP contribution in [0.1, 0.15) is 51.3 Å². The highest BCUT2D eigenvalue weighted by atomic mass is 32.2. The van der Waals surface area contributed by atoms with E-state index in [2.05, 4.69) is 10.3 Å². The molecule has 0 unspecified atom stereocenters. The second-order valence-electron chi connectivity index (χ2n) is 13.2. The third-order valence-electron chi connectivity index (χ3n) is 9.38. The molecule has 6 atom stereocenters. The number of thioether (sulfide) groups is 1. The highest BCUT2D eigenvalue weighted by Gasteiger charge is 2.68. The maximum absolute atomic E-state index is 13.6. The van der Waals surface area contributed by atoms with Crippen LogP contribution >= 0.6 is 11.8 Å². The van der Waals surface area contributed by atoms with E-state index < -0.39 is 95.6 Å². The van der Waals surface area contributed by atoms with Crippen LogP contribution in [-0.4, -0.2) is 104 Å². The molecule has 0 aliphatic carbocycles. The highest BCUT2D eigenvalue weighted by molar-refractivity contribution is 8.01. The lowest BCUT2D eigenvalue weighted by molar-refractivity contribution is -0.384. The molecular weight excluding hydrogens is 695 g/mol. The number of nitrogens with zero attached hydrogens (tertiary/aromatic N) is 4. The zero-order valence-electron chi connectivity index (χ0n) is 27.2. The Hall–Kier alpha value is -4.84. The van der Waals surface area contributed by atoms with Crippen molar-refractivity contribution in [1.82, 2.24) is 15.1 Å². The summed E-state index contributed by atoms with van der Waals surface area (Å²) in [6.45, 7) is 5.24. The lowest BCUT2D eigenvalue weighted by Crippen LogP contribution is -2.71. The molecule has 50 heavy (non-hydrogen) atoms. The van der Waals surface area contributed by atoms with E-state index in [1.54, 1.807) is 50.2 Å². The minimum Gasteiger partial charge on any atom is -0.426 e. The Kier molecular flexibility index (Phi) is 8.74. The third-order valence-corrected chi connectivity index (χ3v) is 13.8. The summed E-state index contributed by atoms with van der Waals surface area (Å²) in [5.41, 5.74) is 0.768. The summed E-state index contributed by atoms with van der Waals surface area (Å²) in [5.74, 6) is -3.57.